The van der Waals surface area contributed by atoms with Gasteiger partial charge >= 0.3 is 6.18 Å². The summed E-state index contributed by atoms with van der Waals surface area (Å²) in [6, 6.07) is 2.77. The van der Waals surface area contributed by atoms with Gasteiger partial charge in [0.05, 0.1) is 5.69 Å². The van der Waals surface area contributed by atoms with Crippen molar-refractivity contribution in [1.82, 2.24) is 4.98 Å². The maximum atomic E-state index is 12.1. The number of hydrogen-bond donors (Lipinski definition) is 1. The molecule has 0 aliphatic heterocycles. The minimum absolute atomic E-state index is 0.00926. The zero-order valence-electron chi connectivity index (χ0n) is 6.31. The molecule has 0 aromatic carbocycles. The predicted molar refractivity (Wildman–Crippen MR) is 38.8 cm³/mol. The minimum Gasteiger partial charge on any atom is -0.386 e. The Hall–Kier alpha value is -1.26. The molecule has 0 saturated heterocycles. The van der Waals surface area contributed by atoms with Crippen LogP contribution in [0.1, 0.15) is 5.69 Å². The molecule has 1 aromatic heterocycles. The molecule has 0 spiro atoms. The van der Waals surface area contributed by atoms with Crippen molar-refractivity contribution in [1.29, 1.82) is 0 Å². The summed E-state index contributed by atoms with van der Waals surface area (Å²) in [7, 11) is 1.42. The third-order valence-corrected chi connectivity index (χ3v) is 1.35. The highest BCUT2D eigenvalue weighted by atomic mass is 19.4. The molecule has 12 heavy (non-hydrogen) atoms. The maximum Gasteiger partial charge on any atom is 0.435 e. The molecule has 0 fully saturated rings. The van der Waals surface area contributed by atoms with E-state index in [2.05, 4.69) is 10.3 Å². The van der Waals surface area contributed by atoms with Crippen molar-refractivity contribution in [3.05, 3.63) is 24.0 Å². The van der Waals surface area contributed by atoms with Crippen LogP contribution in [0.15, 0.2) is 18.3 Å². The number of alkyl halides is 3. The second-order valence-electron chi connectivity index (χ2n) is 2.15. The van der Waals surface area contributed by atoms with E-state index in [-0.39, 0.29) is 5.69 Å². The molecule has 0 unspecified atom stereocenters. The predicted octanol–water partition coefficient (Wildman–Crippen LogP) is 2.14. The number of aromatic nitrogens is 1. The monoisotopic (exact) mass is 176 g/mol. The molecule has 1 heterocycles. The van der Waals surface area contributed by atoms with E-state index in [0.29, 0.717) is 0 Å². The molecule has 1 aromatic rings. The molecular weight excluding hydrogens is 169 g/mol. The van der Waals surface area contributed by atoms with E-state index in [0.717, 1.165) is 6.20 Å². The summed E-state index contributed by atoms with van der Waals surface area (Å²) in [4.78, 5) is 3.23. The van der Waals surface area contributed by atoms with Crippen molar-refractivity contribution in [2.75, 3.05) is 12.4 Å². The SMILES string of the molecule is CNc1cccnc1C(F)(F)F. The Kier molecular flexibility index (Phi) is 2.21. The summed E-state index contributed by atoms with van der Waals surface area (Å²) in [6.45, 7) is 0. The Bertz CT molecular complexity index is 270. The maximum absolute atomic E-state index is 12.1. The number of rotatable bonds is 1. The second kappa shape index (κ2) is 3.00. The molecular formula is C7H7F3N2. The Morgan fingerprint density at radius 1 is 1.42 bits per heavy atom. The van der Waals surface area contributed by atoms with Gasteiger partial charge in [0, 0.05) is 13.2 Å². The Labute approximate surface area is 67.4 Å². The first-order chi connectivity index (χ1) is 5.55. The molecule has 5 heteroatoms. The van der Waals surface area contributed by atoms with Crippen LogP contribution in [0.5, 0.6) is 0 Å². The molecule has 0 aliphatic rings. The Morgan fingerprint density at radius 2 is 2.08 bits per heavy atom. The van der Waals surface area contributed by atoms with Gasteiger partial charge in [-0.1, -0.05) is 0 Å². The normalized spacial score (nSPS) is 11.3. The van der Waals surface area contributed by atoms with Crippen LogP contribution >= 0.6 is 0 Å². The van der Waals surface area contributed by atoms with E-state index in [1.807, 2.05) is 0 Å². The van der Waals surface area contributed by atoms with E-state index >= 15 is 0 Å². The summed E-state index contributed by atoms with van der Waals surface area (Å²) >= 11 is 0. The fourth-order valence-corrected chi connectivity index (χ4v) is 0.833. The van der Waals surface area contributed by atoms with Crippen LogP contribution in [0.2, 0.25) is 0 Å². The van der Waals surface area contributed by atoms with Crippen molar-refractivity contribution in [3.8, 4) is 0 Å². The van der Waals surface area contributed by atoms with Gasteiger partial charge in [0.15, 0.2) is 5.69 Å². The van der Waals surface area contributed by atoms with Crippen LogP contribution in [0, 0.1) is 0 Å². The molecule has 0 atom stereocenters. The third-order valence-electron chi connectivity index (χ3n) is 1.35. The molecule has 0 bridgehead atoms. The van der Waals surface area contributed by atoms with Crippen molar-refractivity contribution >= 4 is 5.69 Å². The highest BCUT2D eigenvalue weighted by molar-refractivity contribution is 5.47. The fourth-order valence-electron chi connectivity index (χ4n) is 0.833. The van der Waals surface area contributed by atoms with Gasteiger partial charge in [-0.3, -0.25) is 0 Å². The van der Waals surface area contributed by atoms with Gasteiger partial charge in [0.2, 0.25) is 0 Å². The van der Waals surface area contributed by atoms with E-state index in [9.17, 15) is 13.2 Å². The van der Waals surface area contributed by atoms with Crippen LogP contribution in [0.4, 0.5) is 18.9 Å². The van der Waals surface area contributed by atoms with Crippen LogP contribution < -0.4 is 5.32 Å². The van der Waals surface area contributed by atoms with E-state index < -0.39 is 11.9 Å². The number of pyridine rings is 1. The van der Waals surface area contributed by atoms with Gasteiger partial charge in [-0.2, -0.15) is 13.2 Å². The molecule has 0 amide bonds. The van der Waals surface area contributed by atoms with Crippen molar-refractivity contribution in [3.63, 3.8) is 0 Å². The van der Waals surface area contributed by atoms with E-state index in [1.54, 1.807) is 0 Å². The zero-order valence-corrected chi connectivity index (χ0v) is 6.31. The van der Waals surface area contributed by atoms with Gasteiger partial charge in [-0.15, -0.1) is 0 Å². The summed E-state index contributed by atoms with van der Waals surface area (Å²) in [5.74, 6) is 0. The minimum atomic E-state index is -4.39. The lowest BCUT2D eigenvalue weighted by molar-refractivity contribution is -0.140. The Balaban J connectivity index is 3.14. The first-order valence-corrected chi connectivity index (χ1v) is 3.25. The van der Waals surface area contributed by atoms with Gasteiger partial charge in [-0.05, 0) is 12.1 Å². The molecule has 0 aliphatic carbocycles. The fraction of sp³-hybridized carbons (Fsp3) is 0.286. The summed E-state index contributed by atoms with van der Waals surface area (Å²) in [6.07, 6.45) is -3.27. The molecule has 1 rings (SSSR count). The van der Waals surface area contributed by atoms with Crippen LogP contribution in [0.25, 0.3) is 0 Å². The number of halogens is 3. The van der Waals surface area contributed by atoms with Crippen LogP contribution in [0.3, 0.4) is 0 Å². The van der Waals surface area contributed by atoms with E-state index in [4.69, 9.17) is 0 Å². The quantitative estimate of drug-likeness (QED) is 0.709. The first-order valence-electron chi connectivity index (χ1n) is 3.25. The first kappa shape index (κ1) is 8.83. The highest BCUT2D eigenvalue weighted by Gasteiger charge is 2.34. The molecule has 66 valence electrons. The summed E-state index contributed by atoms with van der Waals surface area (Å²) in [5, 5.41) is 2.42. The average molecular weight is 176 g/mol. The number of hydrogen-bond acceptors (Lipinski definition) is 2. The smallest absolute Gasteiger partial charge is 0.386 e. The highest BCUT2D eigenvalue weighted by Crippen LogP contribution is 2.32. The lowest BCUT2D eigenvalue weighted by atomic mass is 10.3. The second-order valence-corrected chi connectivity index (χ2v) is 2.15. The van der Waals surface area contributed by atoms with Gasteiger partial charge in [0.1, 0.15) is 0 Å². The largest absolute Gasteiger partial charge is 0.435 e. The summed E-state index contributed by atoms with van der Waals surface area (Å²) < 4.78 is 36.4. The number of anilines is 1. The standard InChI is InChI=1S/C7H7F3N2/c1-11-5-3-2-4-12-6(5)7(8,9)10/h2-4,11H,1H3. The number of nitrogens with one attached hydrogen (secondary N) is 1. The van der Waals surface area contributed by atoms with Gasteiger partial charge in [0.25, 0.3) is 0 Å². The average Bonchev–Trinajstić information content (AvgIpc) is 2.03. The van der Waals surface area contributed by atoms with Crippen LogP contribution in [-0.4, -0.2) is 12.0 Å². The van der Waals surface area contributed by atoms with Crippen molar-refractivity contribution in [2.45, 2.75) is 6.18 Å². The molecule has 1 N–H and O–H groups in total. The van der Waals surface area contributed by atoms with Crippen LogP contribution in [-0.2, 0) is 6.18 Å². The summed E-state index contributed by atoms with van der Waals surface area (Å²) in [5.41, 5.74) is -0.891. The van der Waals surface area contributed by atoms with Gasteiger partial charge < -0.3 is 5.32 Å². The van der Waals surface area contributed by atoms with Crippen molar-refractivity contribution in [2.24, 2.45) is 0 Å². The number of nitrogens with zero attached hydrogens (tertiary/aromatic N) is 1. The Morgan fingerprint density at radius 3 is 2.50 bits per heavy atom. The lowest BCUT2D eigenvalue weighted by Gasteiger charge is -2.09. The van der Waals surface area contributed by atoms with Crippen molar-refractivity contribution < 1.29 is 13.2 Å². The molecule has 2 nitrogen and oxygen atoms in total. The lowest BCUT2D eigenvalue weighted by Crippen LogP contribution is -2.10. The third kappa shape index (κ3) is 1.66. The molecule has 0 radical (unpaired) electrons. The topological polar surface area (TPSA) is 24.9 Å². The zero-order chi connectivity index (χ0) is 9.19. The molecule has 0 saturated carbocycles. The van der Waals surface area contributed by atoms with Gasteiger partial charge in [-0.25, -0.2) is 4.98 Å². The van der Waals surface area contributed by atoms with E-state index in [1.165, 1.54) is 19.2 Å².